The summed E-state index contributed by atoms with van der Waals surface area (Å²) < 4.78 is 38.0. The van der Waals surface area contributed by atoms with E-state index < -0.39 is 18.6 Å². The summed E-state index contributed by atoms with van der Waals surface area (Å²) in [4.78, 5) is 29.2. The molecule has 0 aliphatic carbocycles. The van der Waals surface area contributed by atoms with Gasteiger partial charge in [0.15, 0.2) is 0 Å². The Morgan fingerprint density at radius 2 is 1.93 bits per heavy atom. The fourth-order valence-corrected chi connectivity index (χ4v) is 2.34. The molecule has 2 aromatic rings. The van der Waals surface area contributed by atoms with Crippen LogP contribution in [0.25, 0.3) is 0 Å². The van der Waals surface area contributed by atoms with Gasteiger partial charge in [-0.3, -0.25) is 14.3 Å². The summed E-state index contributed by atoms with van der Waals surface area (Å²) in [6, 6.07) is 6.09. The van der Waals surface area contributed by atoms with E-state index in [0.29, 0.717) is 25.9 Å². The zero-order valence-electron chi connectivity index (χ0n) is 14.7. The van der Waals surface area contributed by atoms with E-state index in [4.69, 9.17) is 0 Å². The minimum Gasteiger partial charge on any atom is -0.343 e. The Labute approximate surface area is 154 Å². The van der Waals surface area contributed by atoms with Gasteiger partial charge in [0.05, 0.1) is 0 Å². The lowest BCUT2D eigenvalue weighted by molar-refractivity contribution is -0.130. The minimum atomic E-state index is -4.45. The first-order valence-electron chi connectivity index (χ1n) is 8.25. The molecular formula is C17H20F3N5O2. The number of carbonyl (C=O) groups excluding carboxylic acids is 2. The fraction of sp³-hybridized carbons (Fsp3) is 0.412. The van der Waals surface area contributed by atoms with Gasteiger partial charge in [-0.2, -0.15) is 18.3 Å². The molecule has 146 valence electrons. The summed E-state index contributed by atoms with van der Waals surface area (Å²) in [5.74, 6) is -0.835. The highest BCUT2D eigenvalue weighted by Gasteiger charge is 2.27. The van der Waals surface area contributed by atoms with Crippen LogP contribution in [0.1, 0.15) is 28.8 Å². The molecule has 0 aliphatic rings. The first-order valence-corrected chi connectivity index (χ1v) is 8.25. The highest BCUT2D eigenvalue weighted by Crippen LogP contribution is 2.13. The van der Waals surface area contributed by atoms with Crippen LogP contribution < -0.4 is 5.32 Å². The minimum absolute atomic E-state index is 0.0397. The van der Waals surface area contributed by atoms with Gasteiger partial charge in [-0.1, -0.05) is 12.1 Å². The Morgan fingerprint density at radius 1 is 1.22 bits per heavy atom. The predicted octanol–water partition coefficient (Wildman–Crippen LogP) is 2.01. The largest absolute Gasteiger partial charge is 0.405 e. The molecule has 2 amide bonds. The van der Waals surface area contributed by atoms with Crippen molar-refractivity contribution in [2.75, 3.05) is 13.6 Å². The van der Waals surface area contributed by atoms with Crippen LogP contribution in [0.2, 0.25) is 0 Å². The van der Waals surface area contributed by atoms with Gasteiger partial charge in [-0.25, -0.2) is 4.98 Å². The molecule has 2 rings (SSSR count). The summed E-state index contributed by atoms with van der Waals surface area (Å²) in [7, 11) is 1.67. The monoisotopic (exact) mass is 383 g/mol. The van der Waals surface area contributed by atoms with E-state index in [1.807, 2.05) is 5.32 Å². The summed E-state index contributed by atoms with van der Waals surface area (Å²) in [5.41, 5.74) is 0.902. The molecule has 0 radical (unpaired) electrons. The number of alkyl halides is 3. The molecule has 0 saturated heterocycles. The average Bonchev–Trinajstić information content (AvgIpc) is 3.13. The Balaban J connectivity index is 1.78. The third-order valence-electron chi connectivity index (χ3n) is 3.76. The fourth-order valence-electron chi connectivity index (χ4n) is 2.34. The van der Waals surface area contributed by atoms with Gasteiger partial charge in [-0.15, -0.1) is 0 Å². The molecule has 1 aromatic carbocycles. The van der Waals surface area contributed by atoms with E-state index in [1.54, 1.807) is 35.1 Å². The van der Waals surface area contributed by atoms with Crippen molar-refractivity contribution in [1.82, 2.24) is 25.0 Å². The van der Waals surface area contributed by atoms with E-state index in [-0.39, 0.29) is 11.5 Å². The van der Waals surface area contributed by atoms with Gasteiger partial charge < -0.3 is 10.2 Å². The van der Waals surface area contributed by atoms with Crippen LogP contribution in [0.4, 0.5) is 13.2 Å². The van der Waals surface area contributed by atoms with Crippen LogP contribution in [0.15, 0.2) is 36.9 Å². The maximum absolute atomic E-state index is 12.1. The summed E-state index contributed by atoms with van der Waals surface area (Å²) in [5, 5.41) is 5.77. The second kappa shape index (κ2) is 9.15. The van der Waals surface area contributed by atoms with Gasteiger partial charge in [0.25, 0.3) is 5.91 Å². The normalized spacial score (nSPS) is 11.3. The highest BCUT2D eigenvalue weighted by atomic mass is 19.4. The van der Waals surface area contributed by atoms with E-state index in [1.165, 1.54) is 18.5 Å². The Bertz CT molecular complexity index is 745. The third-order valence-corrected chi connectivity index (χ3v) is 3.76. The summed E-state index contributed by atoms with van der Waals surface area (Å²) >= 11 is 0. The third kappa shape index (κ3) is 7.08. The van der Waals surface area contributed by atoms with Crippen LogP contribution in [0.5, 0.6) is 0 Å². The second-order valence-electron chi connectivity index (χ2n) is 6.01. The van der Waals surface area contributed by atoms with Crippen molar-refractivity contribution in [3.05, 3.63) is 48.0 Å². The molecule has 0 saturated carbocycles. The van der Waals surface area contributed by atoms with Crippen molar-refractivity contribution < 1.29 is 22.8 Å². The highest BCUT2D eigenvalue weighted by molar-refractivity contribution is 5.94. The molecule has 0 fully saturated rings. The van der Waals surface area contributed by atoms with Crippen molar-refractivity contribution in [2.24, 2.45) is 0 Å². The van der Waals surface area contributed by atoms with Crippen molar-refractivity contribution in [3.8, 4) is 0 Å². The number of hydrogen-bond donors (Lipinski definition) is 1. The number of nitrogens with one attached hydrogen (secondary N) is 1. The van der Waals surface area contributed by atoms with Crippen molar-refractivity contribution in [3.63, 3.8) is 0 Å². The molecule has 0 aliphatic heterocycles. The molecule has 7 nitrogen and oxygen atoms in total. The lowest BCUT2D eigenvalue weighted by Crippen LogP contribution is -2.33. The number of amides is 2. The Morgan fingerprint density at radius 3 is 2.52 bits per heavy atom. The Hall–Kier alpha value is -2.91. The SMILES string of the molecule is CN(Cc1ccc(C(=O)NCC(F)(F)F)cc1)C(=O)CCCn1cncn1. The van der Waals surface area contributed by atoms with Crippen LogP contribution in [0.3, 0.4) is 0 Å². The first kappa shape index (κ1) is 20.4. The smallest absolute Gasteiger partial charge is 0.343 e. The van der Waals surface area contributed by atoms with Crippen LogP contribution in [-0.2, 0) is 17.9 Å². The number of aromatic nitrogens is 3. The quantitative estimate of drug-likeness (QED) is 0.756. The van der Waals surface area contributed by atoms with Crippen LogP contribution in [-0.4, -0.2) is 51.2 Å². The number of rotatable bonds is 8. The van der Waals surface area contributed by atoms with Crippen molar-refractivity contribution in [1.29, 1.82) is 0 Å². The topological polar surface area (TPSA) is 80.1 Å². The van der Waals surface area contributed by atoms with Crippen LogP contribution in [0, 0.1) is 0 Å². The van der Waals surface area contributed by atoms with Gasteiger partial charge >= 0.3 is 6.18 Å². The predicted molar refractivity (Wildman–Crippen MR) is 90.6 cm³/mol. The number of nitrogens with zero attached hydrogens (tertiary/aromatic N) is 4. The molecular weight excluding hydrogens is 363 g/mol. The van der Waals surface area contributed by atoms with E-state index >= 15 is 0 Å². The van der Waals surface area contributed by atoms with Gasteiger partial charge in [0.1, 0.15) is 19.2 Å². The molecule has 1 aromatic heterocycles. The number of hydrogen-bond acceptors (Lipinski definition) is 4. The molecule has 0 atom stereocenters. The molecule has 27 heavy (non-hydrogen) atoms. The van der Waals surface area contributed by atoms with E-state index in [2.05, 4.69) is 10.1 Å². The van der Waals surface area contributed by atoms with Gasteiger partial charge in [0.2, 0.25) is 5.91 Å². The molecule has 0 spiro atoms. The standard InChI is InChI=1S/C17H20F3N5O2/c1-24(15(26)3-2-8-25-12-21-11-23-25)9-13-4-6-14(7-5-13)16(27)22-10-17(18,19)20/h4-7,11-12H,2-3,8-10H2,1H3,(H,22,27). The number of halogens is 3. The van der Waals surface area contributed by atoms with E-state index in [0.717, 1.165) is 5.56 Å². The maximum Gasteiger partial charge on any atom is 0.405 e. The molecule has 0 unspecified atom stereocenters. The van der Waals surface area contributed by atoms with Gasteiger partial charge in [-0.05, 0) is 24.1 Å². The second-order valence-corrected chi connectivity index (χ2v) is 6.01. The Kier molecular flexibility index (Phi) is 6.91. The number of aryl methyl sites for hydroxylation is 1. The lowest BCUT2D eigenvalue weighted by Gasteiger charge is -2.17. The molecule has 1 N–H and O–H groups in total. The maximum atomic E-state index is 12.1. The van der Waals surface area contributed by atoms with Gasteiger partial charge in [0, 0.05) is 32.1 Å². The van der Waals surface area contributed by atoms with Crippen molar-refractivity contribution in [2.45, 2.75) is 32.1 Å². The van der Waals surface area contributed by atoms with Crippen LogP contribution >= 0.6 is 0 Å². The average molecular weight is 383 g/mol. The first-order chi connectivity index (χ1) is 12.7. The zero-order valence-corrected chi connectivity index (χ0v) is 14.7. The van der Waals surface area contributed by atoms with E-state index in [9.17, 15) is 22.8 Å². The lowest BCUT2D eigenvalue weighted by atomic mass is 10.1. The molecule has 0 bridgehead atoms. The summed E-state index contributed by atoms with van der Waals surface area (Å²) in [6.45, 7) is -0.437. The number of benzene rings is 1. The zero-order chi connectivity index (χ0) is 19.9. The number of carbonyl (C=O) groups is 2. The van der Waals surface area contributed by atoms with Crippen molar-refractivity contribution >= 4 is 11.8 Å². The molecule has 1 heterocycles. The molecule has 10 heteroatoms. The summed E-state index contributed by atoms with van der Waals surface area (Å²) in [6.07, 6.45) is -0.451.